The topological polar surface area (TPSA) is 119 Å². The van der Waals surface area contributed by atoms with Crippen LogP contribution < -0.4 is 16.2 Å². The molecule has 3 N–H and O–H groups in total. The van der Waals surface area contributed by atoms with Crippen molar-refractivity contribution in [1.29, 1.82) is 0 Å². The Bertz CT molecular complexity index is 1170. The fraction of sp³-hybridized carbons (Fsp3) is 0.368. The van der Waals surface area contributed by atoms with Crippen LogP contribution in [0.2, 0.25) is 0 Å². The first-order valence-electron chi connectivity index (χ1n) is 9.43. The molecule has 1 saturated heterocycles. The summed E-state index contributed by atoms with van der Waals surface area (Å²) in [5.41, 5.74) is 5.78. The number of nitrogens with two attached hydrogens (primary N) is 1. The van der Waals surface area contributed by atoms with Crippen molar-refractivity contribution < 1.29 is 14.3 Å². The van der Waals surface area contributed by atoms with Crippen LogP contribution in [0.4, 0.5) is 10.2 Å². The van der Waals surface area contributed by atoms with E-state index in [-0.39, 0.29) is 41.5 Å². The van der Waals surface area contributed by atoms with Gasteiger partial charge in [0.25, 0.3) is 11.5 Å². The minimum atomic E-state index is -0.961. The number of alkyl halides is 1. The fourth-order valence-corrected chi connectivity index (χ4v) is 3.93. The number of aromatic nitrogens is 4. The molecule has 4 rings (SSSR count). The number of anilines is 1. The average Bonchev–Trinajstić information content (AvgIpc) is 3.36. The summed E-state index contributed by atoms with van der Waals surface area (Å²) in [4.78, 5) is 31.0. The van der Waals surface area contributed by atoms with Gasteiger partial charge >= 0.3 is 0 Å². The van der Waals surface area contributed by atoms with E-state index in [9.17, 15) is 19.1 Å². The number of carbonyl (C=O) groups excluding carboxylic acids is 1. The van der Waals surface area contributed by atoms with E-state index in [2.05, 4.69) is 10.1 Å². The van der Waals surface area contributed by atoms with Crippen molar-refractivity contribution in [3.63, 3.8) is 0 Å². The normalized spacial score (nSPS) is 17.0. The van der Waals surface area contributed by atoms with E-state index in [4.69, 9.17) is 17.3 Å². The van der Waals surface area contributed by atoms with E-state index in [0.29, 0.717) is 24.4 Å². The number of nitrogens with zero attached hydrogens (tertiary/aromatic N) is 5. The van der Waals surface area contributed by atoms with E-state index in [1.807, 2.05) is 4.90 Å². The molecule has 1 aliphatic rings. The summed E-state index contributed by atoms with van der Waals surface area (Å²) < 4.78 is 16.9. The lowest BCUT2D eigenvalue weighted by molar-refractivity contribution is 0.100. The molecule has 0 saturated carbocycles. The number of rotatable bonds is 6. The van der Waals surface area contributed by atoms with E-state index < -0.39 is 23.9 Å². The Kier molecular flexibility index (Phi) is 6.83. The predicted octanol–water partition coefficient (Wildman–Crippen LogP) is 1.49. The van der Waals surface area contributed by atoms with Gasteiger partial charge in [-0.15, -0.1) is 24.0 Å². The van der Waals surface area contributed by atoms with Crippen LogP contribution in [-0.2, 0) is 6.54 Å². The van der Waals surface area contributed by atoms with Crippen LogP contribution in [0.15, 0.2) is 35.5 Å². The van der Waals surface area contributed by atoms with Gasteiger partial charge in [0.05, 0.1) is 30.8 Å². The molecule has 1 amide bonds. The Hall–Kier alpha value is -2.69. The second-order valence-electron chi connectivity index (χ2n) is 7.21. The zero-order valence-corrected chi connectivity index (χ0v) is 17.9. The molecule has 0 unspecified atom stereocenters. The van der Waals surface area contributed by atoms with Gasteiger partial charge < -0.3 is 20.3 Å². The maximum atomic E-state index is 14.3. The summed E-state index contributed by atoms with van der Waals surface area (Å²) in [6.07, 6.45) is 4.52. The zero-order chi connectivity index (χ0) is 21.4. The van der Waals surface area contributed by atoms with Crippen molar-refractivity contribution >= 4 is 41.4 Å². The Morgan fingerprint density at radius 1 is 1.45 bits per heavy atom. The van der Waals surface area contributed by atoms with Crippen LogP contribution in [0.5, 0.6) is 0 Å². The molecule has 2 atom stereocenters. The summed E-state index contributed by atoms with van der Waals surface area (Å²) in [5.74, 6) is -0.748. The van der Waals surface area contributed by atoms with Gasteiger partial charge in [-0.05, 0) is 25.0 Å². The van der Waals surface area contributed by atoms with Gasteiger partial charge in [0, 0.05) is 24.5 Å². The van der Waals surface area contributed by atoms with Gasteiger partial charge in [0.15, 0.2) is 5.65 Å². The van der Waals surface area contributed by atoms with Crippen molar-refractivity contribution in [3.8, 4) is 0 Å². The quantitative estimate of drug-likeness (QED) is 0.526. The molecule has 0 aromatic carbocycles. The number of pyridine rings is 1. The largest absolute Gasteiger partial charge is 0.390 e. The highest BCUT2D eigenvalue weighted by atomic mass is 35.5. The third-order valence-corrected chi connectivity index (χ3v) is 5.55. The second kappa shape index (κ2) is 9.21. The summed E-state index contributed by atoms with van der Waals surface area (Å²) in [5, 5.41) is 13.8. The van der Waals surface area contributed by atoms with Gasteiger partial charge in [0.2, 0.25) is 0 Å². The summed E-state index contributed by atoms with van der Waals surface area (Å²) in [7, 11) is 0. The number of primary amides is 1. The summed E-state index contributed by atoms with van der Waals surface area (Å²) in [6, 6.07) is 2.54. The molecule has 0 aliphatic carbocycles. The van der Waals surface area contributed by atoms with Crippen LogP contribution in [-0.4, -0.2) is 48.7 Å². The summed E-state index contributed by atoms with van der Waals surface area (Å²) >= 11 is 5.62. The number of fused-ring (bicyclic) bond motifs is 1. The minimum absolute atomic E-state index is 0. The van der Waals surface area contributed by atoms with Gasteiger partial charge in [-0.2, -0.15) is 5.10 Å². The molecule has 0 spiro atoms. The molecule has 4 heterocycles. The van der Waals surface area contributed by atoms with Crippen molar-refractivity contribution in [1.82, 2.24) is 19.2 Å². The van der Waals surface area contributed by atoms with Crippen LogP contribution in [0.1, 0.15) is 34.8 Å². The Morgan fingerprint density at radius 2 is 2.23 bits per heavy atom. The van der Waals surface area contributed by atoms with Crippen molar-refractivity contribution in [2.24, 2.45) is 5.73 Å². The average molecular weight is 471 g/mol. The second-order valence-corrected chi connectivity index (χ2v) is 7.52. The fourth-order valence-electron chi connectivity index (χ4n) is 3.83. The van der Waals surface area contributed by atoms with Gasteiger partial charge in [-0.25, -0.2) is 13.9 Å². The maximum absolute atomic E-state index is 14.3. The van der Waals surface area contributed by atoms with Crippen molar-refractivity contribution in [2.75, 3.05) is 17.3 Å². The first-order chi connectivity index (χ1) is 14.4. The maximum Gasteiger partial charge on any atom is 0.256 e. The lowest BCUT2D eigenvalue weighted by Crippen LogP contribution is -2.34. The predicted molar refractivity (Wildman–Crippen MR) is 115 cm³/mol. The van der Waals surface area contributed by atoms with Crippen LogP contribution in [0.25, 0.3) is 5.65 Å². The SMILES string of the molecule is Cl.NC(=O)c1cnn2ccc(N3CCC[C@@H]3c3cc(F)cn(C[C@H](O)CCl)c3=O)nc12. The number of amides is 1. The number of aliphatic hydroxyl groups is 1. The van der Waals surface area contributed by atoms with E-state index in [0.717, 1.165) is 17.2 Å². The first kappa shape index (κ1) is 23.0. The molecule has 1 aliphatic heterocycles. The zero-order valence-electron chi connectivity index (χ0n) is 16.3. The third kappa shape index (κ3) is 4.36. The highest BCUT2D eigenvalue weighted by molar-refractivity contribution is 6.18. The number of hydrogen-bond donors (Lipinski definition) is 2. The minimum Gasteiger partial charge on any atom is -0.390 e. The number of carbonyl (C=O) groups is 1. The summed E-state index contributed by atoms with van der Waals surface area (Å²) in [6.45, 7) is 0.510. The Morgan fingerprint density at radius 3 is 2.94 bits per heavy atom. The van der Waals surface area contributed by atoms with Crippen LogP contribution >= 0.6 is 24.0 Å². The Labute approximate surface area is 187 Å². The Balaban J connectivity index is 0.00000272. The molecule has 3 aromatic rings. The number of hydrogen-bond acceptors (Lipinski definition) is 6. The molecular weight excluding hydrogens is 450 g/mol. The standard InChI is InChI=1S/C19H20ClFN6O3.ClH/c20-7-12(28)10-25-9-11(21)6-13(19(25)30)15-2-1-4-26(15)16-3-5-27-18(24-16)14(8-23-27)17(22)29;/h3,5-6,8-9,12,15,28H,1-2,4,7,10H2,(H2,22,29);1H/t12-,15-;/m1./s1. The molecule has 31 heavy (non-hydrogen) atoms. The molecule has 0 radical (unpaired) electrons. The van der Waals surface area contributed by atoms with Gasteiger partial charge in [-0.1, -0.05) is 0 Å². The van der Waals surface area contributed by atoms with Crippen molar-refractivity contribution in [3.05, 3.63) is 58.0 Å². The lowest BCUT2D eigenvalue weighted by atomic mass is 10.1. The number of halogens is 3. The molecule has 0 bridgehead atoms. The lowest BCUT2D eigenvalue weighted by Gasteiger charge is -2.26. The van der Waals surface area contributed by atoms with E-state index in [1.54, 1.807) is 12.3 Å². The highest BCUT2D eigenvalue weighted by Gasteiger charge is 2.30. The molecular formula is C19H21Cl2FN6O3. The molecule has 12 heteroatoms. The first-order valence-corrected chi connectivity index (χ1v) is 9.97. The van der Waals surface area contributed by atoms with Gasteiger partial charge in [0.1, 0.15) is 17.2 Å². The van der Waals surface area contributed by atoms with E-state index in [1.165, 1.54) is 16.8 Å². The van der Waals surface area contributed by atoms with Gasteiger partial charge in [-0.3, -0.25) is 9.59 Å². The molecule has 9 nitrogen and oxygen atoms in total. The third-order valence-electron chi connectivity index (χ3n) is 5.19. The van der Waals surface area contributed by atoms with Crippen LogP contribution in [0.3, 0.4) is 0 Å². The van der Waals surface area contributed by atoms with E-state index >= 15 is 0 Å². The molecule has 3 aromatic heterocycles. The molecule has 1 fully saturated rings. The smallest absolute Gasteiger partial charge is 0.256 e. The molecule has 166 valence electrons. The monoisotopic (exact) mass is 470 g/mol. The van der Waals surface area contributed by atoms with Crippen LogP contribution in [0, 0.1) is 5.82 Å². The highest BCUT2D eigenvalue weighted by Crippen LogP contribution is 2.34. The van der Waals surface area contributed by atoms with Crippen molar-refractivity contribution in [2.45, 2.75) is 31.5 Å². The number of aliphatic hydroxyl groups excluding tert-OH is 1.